The minimum atomic E-state index is -3.93. The van der Waals surface area contributed by atoms with Crippen LogP contribution < -0.4 is 14.9 Å². The first-order valence-corrected chi connectivity index (χ1v) is 21.2. The van der Waals surface area contributed by atoms with Crippen molar-refractivity contribution in [3.05, 3.63) is 136 Å². The number of aromatic nitrogens is 8. The summed E-state index contributed by atoms with van der Waals surface area (Å²) in [7, 11) is -6.15. The van der Waals surface area contributed by atoms with Crippen molar-refractivity contribution < 1.29 is 36.4 Å². The summed E-state index contributed by atoms with van der Waals surface area (Å²) < 4.78 is 64.9. The highest BCUT2D eigenvalue weighted by Crippen LogP contribution is 2.34. The molecule has 0 fully saturated rings. The van der Waals surface area contributed by atoms with E-state index in [9.17, 15) is 16.8 Å². The molecule has 8 rings (SSSR count). The van der Waals surface area contributed by atoms with Crippen LogP contribution in [0.15, 0.2) is 132 Å². The van der Waals surface area contributed by atoms with Gasteiger partial charge in [0.15, 0.2) is 11.3 Å². The van der Waals surface area contributed by atoms with Crippen LogP contribution in [0.2, 0.25) is 10.3 Å². The van der Waals surface area contributed by atoms with Gasteiger partial charge in [0.2, 0.25) is 11.8 Å². The molecule has 22 heteroatoms. The van der Waals surface area contributed by atoms with Crippen LogP contribution in [-0.4, -0.2) is 86.1 Å². The molecule has 16 nitrogen and oxygen atoms in total. The molecule has 8 aromatic rings. The van der Waals surface area contributed by atoms with Gasteiger partial charge < -0.3 is 19.5 Å². The van der Waals surface area contributed by atoms with Gasteiger partial charge in [-0.1, -0.05) is 59.6 Å². The summed E-state index contributed by atoms with van der Waals surface area (Å²) in [6, 6.07) is 25.9. The molecule has 0 bridgehead atoms. The topological polar surface area (TPSA) is 214 Å². The number of halogens is 3. The molecule has 296 valence electrons. The Hall–Kier alpha value is -5.23. The Labute approximate surface area is 355 Å². The van der Waals surface area contributed by atoms with Crippen molar-refractivity contribution in [3.63, 3.8) is 0 Å². The first kappa shape index (κ1) is 42.4. The summed E-state index contributed by atoms with van der Waals surface area (Å²) in [6.45, 7) is 0. The molecular formula is C36H28BCl2IN8O8S2. The van der Waals surface area contributed by atoms with Crippen LogP contribution in [0, 0.1) is 3.70 Å². The lowest BCUT2D eigenvalue weighted by atomic mass is 9.81. The summed E-state index contributed by atoms with van der Waals surface area (Å²) in [5, 5.41) is 18.8. The van der Waals surface area contributed by atoms with Crippen molar-refractivity contribution in [1.29, 1.82) is 0 Å². The summed E-state index contributed by atoms with van der Waals surface area (Å²) in [4.78, 5) is 24.2. The third-order valence-electron chi connectivity index (χ3n) is 8.04. The Morgan fingerprint density at radius 2 is 1.10 bits per heavy atom. The van der Waals surface area contributed by atoms with E-state index in [0.29, 0.717) is 43.0 Å². The van der Waals surface area contributed by atoms with Crippen LogP contribution in [0.25, 0.3) is 33.3 Å². The molecular weight excluding hydrogens is 945 g/mol. The maximum absolute atomic E-state index is 13.4. The smallest absolute Gasteiger partial charge is 0.481 e. The van der Waals surface area contributed by atoms with Gasteiger partial charge in [-0.05, 0) is 76.6 Å². The fraction of sp³-hybridized carbons (Fsp3) is 0.0556. The van der Waals surface area contributed by atoms with Gasteiger partial charge in [0, 0.05) is 30.1 Å². The predicted octanol–water partition coefficient (Wildman–Crippen LogP) is 5.09. The molecule has 0 radical (unpaired) electrons. The van der Waals surface area contributed by atoms with Crippen molar-refractivity contribution in [2.75, 3.05) is 14.2 Å². The van der Waals surface area contributed by atoms with E-state index < -0.39 is 27.2 Å². The van der Waals surface area contributed by atoms with E-state index >= 15 is 0 Å². The number of ether oxygens (including phenoxy) is 2. The lowest BCUT2D eigenvalue weighted by Gasteiger charge is -2.12. The minimum absolute atomic E-state index is 0.138. The van der Waals surface area contributed by atoms with Crippen molar-refractivity contribution in [2.45, 2.75) is 9.79 Å². The van der Waals surface area contributed by atoms with Gasteiger partial charge in [-0.3, -0.25) is 0 Å². The number of pyridine rings is 2. The Bertz CT molecular complexity index is 2950. The summed E-state index contributed by atoms with van der Waals surface area (Å²) in [6.07, 6.45) is 5.47. The second-order valence-electron chi connectivity index (χ2n) is 11.6. The van der Waals surface area contributed by atoms with Gasteiger partial charge in [-0.2, -0.15) is 0 Å². The number of methoxy groups -OCH3 is 2. The van der Waals surface area contributed by atoms with Gasteiger partial charge in [0.05, 0.1) is 44.2 Å². The number of nitrogens with zero attached hydrogens (tertiary/aromatic N) is 8. The van der Waals surface area contributed by atoms with Gasteiger partial charge in [-0.25, -0.2) is 54.7 Å². The van der Waals surface area contributed by atoms with Crippen molar-refractivity contribution >= 4 is 100 Å². The number of hydrogen-bond donors (Lipinski definition) is 2. The van der Waals surface area contributed by atoms with Gasteiger partial charge in [0.1, 0.15) is 23.0 Å². The molecule has 2 N–H and O–H groups in total. The van der Waals surface area contributed by atoms with Crippen LogP contribution in [0.5, 0.6) is 11.8 Å². The van der Waals surface area contributed by atoms with Crippen LogP contribution in [0.1, 0.15) is 0 Å². The van der Waals surface area contributed by atoms with Crippen LogP contribution >= 0.6 is 45.8 Å². The summed E-state index contributed by atoms with van der Waals surface area (Å²) in [5.41, 5.74) is 1.83. The Balaban J connectivity index is 0.000000160. The zero-order valence-corrected chi connectivity index (χ0v) is 35.3. The Morgan fingerprint density at radius 3 is 1.64 bits per heavy atom. The van der Waals surface area contributed by atoms with E-state index in [1.54, 1.807) is 79.0 Å². The highest BCUT2D eigenvalue weighted by Gasteiger charge is 2.27. The number of hydrogen-bond acceptors (Lipinski definition) is 14. The van der Waals surface area contributed by atoms with E-state index in [2.05, 4.69) is 29.9 Å². The molecule has 58 heavy (non-hydrogen) atoms. The molecule has 0 spiro atoms. The lowest BCUT2D eigenvalue weighted by Crippen LogP contribution is -2.29. The number of fused-ring (bicyclic) bond motifs is 2. The third-order valence-corrected chi connectivity index (χ3v) is 13.2. The van der Waals surface area contributed by atoms with Crippen molar-refractivity contribution in [1.82, 2.24) is 37.8 Å². The van der Waals surface area contributed by atoms with Crippen molar-refractivity contribution in [2.24, 2.45) is 0 Å². The highest BCUT2D eigenvalue weighted by atomic mass is 127. The van der Waals surface area contributed by atoms with E-state index in [0.717, 1.165) is 0 Å². The van der Waals surface area contributed by atoms with Gasteiger partial charge >= 0.3 is 7.12 Å². The minimum Gasteiger partial charge on any atom is -0.481 e. The molecule has 0 amide bonds. The fourth-order valence-electron chi connectivity index (χ4n) is 5.34. The zero-order chi connectivity index (χ0) is 41.6. The molecule has 0 aliphatic heterocycles. The maximum atomic E-state index is 13.4. The van der Waals surface area contributed by atoms with E-state index in [-0.39, 0.29) is 31.4 Å². The van der Waals surface area contributed by atoms with Crippen molar-refractivity contribution in [3.8, 4) is 23.0 Å². The quantitative estimate of drug-likeness (QED) is 0.115. The monoisotopic (exact) mass is 972 g/mol. The predicted molar refractivity (Wildman–Crippen MR) is 226 cm³/mol. The number of benzene rings is 2. The maximum Gasteiger partial charge on any atom is 0.488 e. The summed E-state index contributed by atoms with van der Waals surface area (Å²) >= 11 is 14.1. The zero-order valence-electron chi connectivity index (χ0n) is 30.0. The Morgan fingerprint density at radius 1 is 0.621 bits per heavy atom. The molecule has 6 aromatic heterocycles. The van der Waals surface area contributed by atoms with E-state index in [1.165, 1.54) is 65.3 Å². The molecule has 6 heterocycles. The Kier molecular flexibility index (Phi) is 13.3. The molecule has 2 aromatic carbocycles. The fourth-order valence-corrected chi connectivity index (χ4v) is 9.89. The molecule has 0 atom stereocenters. The van der Waals surface area contributed by atoms with Gasteiger partial charge in [0.25, 0.3) is 20.0 Å². The molecule has 0 aliphatic carbocycles. The molecule has 0 saturated heterocycles. The first-order valence-electron chi connectivity index (χ1n) is 16.4. The second-order valence-corrected chi connectivity index (χ2v) is 17.0. The SMILES string of the molecule is COc1cc(-c2cc3c(Cl)ncnc3n2S(=O)(=O)c2ccccc2)ccn1.COc1cc(B(O)O)ccn1.O=S(=O)(c1ccccc1)n1c(I)cc2c(Cl)ncnc21. The molecule has 0 saturated carbocycles. The largest absolute Gasteiger partial charge is 0.488 e. The number of rotatable bonds is 8. The third kappa shape index (κ3) is 8.92. The highest BCUT2D eigenvalue weighted by molar-refractivity contribution is 14.1. The molecule has 0 aliphatic rings. The van der Waals surface area contributed by atoms with Crippen LogP contribution in [0.4, 0.5) is 0 Å². The van der Waals surface area contributed by atoms with Crippen LogP contribution in [0.3, 0.4) is 0 Å². The van der Waals surface area contributed by atoms with E-state index in [4.69, 9.17) is 42.7 Å². The van der Waals surface area contributed by atoms with E-state index in [1.807, 2.05) is 22.6 Å². The average molecular weight is 973 g/mol. The lowest BCUT2D eigenvalue weighted by molar-refractivity contribution is 0.396. The standard InChI is InChI=1S/C18H13ClN4O3S.C12H7ClIN3O2S.C6H8BNO3/c1-26-16-9-12(7-8-20-16)15-10-14-17(19)21-11-22-18(14)23(15)27(24,25)13-5-3-2-4-6-13;13-11-9-6-10(14)17(12(9)16-7-15-11)20(18,19)8-4-2-1-3-5-8;1-11-6-4-5(7(9)10)2-3-8-6/h2-11H,1H3;1-7H;2-4,9-10H,1H3. The second kappa shape index (κ2) is 18.1. The average Bonchev–Trinajstić information content (AvgIpc) is 3.82. The van der Waals surface area contributed by atoms with Gasteiger partial charge in [-0.15, -0.1) is 0 Å². The normalized spacial score (nSPS) is 11.3. The first-order chi connectivity index (χ1) is 27.8. The summed E-state index contributed by atoms with van der Waals surface area (Å²) in [5.74, 6) is 0.731. The van der Waals surface area contributed by atoms with Crippen LogP contribution in [-0.2, 0) is 20.0 Å². The molecule has 0 unspecified atom stereocenters.